The molecule has 1 heterocycles. The lowest BCUT2D eigenvalue weighted by atomic mass is 10.0. The molecule has 1 atom stereocenters. The second kappa shape index (κ2) is 8.47. The van der Waals surface area contributed by atoms with Crippen molar-refractivity contribution < 1.29 is 8.94 Å². The summed E-state index contributed by atoms with van der Waals surface area (Å²) in [6.45, 7) is 6.43. The van der Waals surface area contributed by atoms with Gasteiger partial charge < -0.3 is 10.3 Å². The summed E-state index contributed by atoms with van der Waals surface area (Å²) >= 11 is -1.06. The van der Waals surface area contributed by atoms with E-state index in [1.807, 2.05) is 45.1 Å². The topological polar surface area (TPSA) is 74.0 Å². The molecular weight excluding hydrogens is 337 g/mol. The van der Waals surface area contributed by atoms with Crippen LogP contribution in [0.15, 0.2) is 42.6 Å². The summed E-state index contributed by atoms with van der Waals surface area (Å²) in [5, 5.41) is 0. The molecule has 0 spiro atoms. The van der Waals surface area contributed by atoms with E-state index in [1.165, 1.54) is 12.1 Å². The Morgan fingerprint density at radius 3 is 2.72 bits per heavy atom. The molecular formula is C19H24FN3OS. The van der Waals surface area contributed by atoms with E-state index in [2.05, 4.69) is 9.71 Å². The van der Waals surface area contributed by atoms with Crippen molar-refractivity contribution in [2.45, 2.75) is 31.9 Å². The van der Waals surface area contributed by atoms with E-state index in [0.717, 1.165) is 23.2 Å². The predicted molar refractivity (Wildman–Crippen MR) is 104 cm³/mol. The summed E-state index contributed by atoms with van der Waals surface area (Å²) in [4.78, 5) is 4.30. The van der Waals surface area contributed by atoms with Crippen LogP contribution in [-0.2, 0) is 11.4 Å². The summed E-state index contributed by atoms with van der Waals surface area (Å²) < 4.78 is 27.8. The summed E-state index contributed by atoms with van der Waals surface area (Å²) in [6, 6.07) is 8.12. The van der Waals surface area contributed by atoms with Crippen molar-refractivity contribution in [3.63, 3.8) is 0 Å². The number of halogens is 1. The Morgan fingerprint density at radius 1 is 1.28 bits per heavy atom. The van der Waals surface area contributed by atoms with E-state index in [1.54, 1.807) is 12.3 Å². The van der Waals surface area contributed by atoms with E-state index in [9.17, 15) is 8.94 Å². The van der Waals surface area contributed by atoms with Crippen LogP contribution >= 0.6 is 0 Å². The SMILES string of the molecule is CC(C)(C)[S@+]([O-])NCCC=Cc1cc(-c2ccc(F)cc2N)ccn1. The van der Waals surface area contributed by atoms with Crippen molar-refractivity contribution in [1.82, 2.24) is 9.71 Å². The Kier molecular flexibility index (Phi) is 6.58. The number of nitrogens with one attached hydrogen (secondary N) is 1. The van der Waals surface area contributed by atoms with Gasteiger partial charge in [0, 0.05) is 35.4 Å². The van der Waals surface area contributed by atoms with Crippen molar-refractivity contribution in [3.05, 3.63) is 54.1 Å². The van der Waals surface area contributed by atoms with Gasteiger partial charge in [0.05, 0.1) is 5.69 Å². The number of pyridine rings is 1. The number of anilines is 1. The Bertz CT molecular complexity index is 744. The van der Waals surface area contributed by atoms with Gasteiger partial charge in [-0.15, -0.1) is 4.72 Å². The molecule has 134 valence electrons. The van der Waals surface area contributed by atoms with Gasteiger partial charge in [0.1, 0.15) is 10.6 Å². The molecule has 1 aromatic carbocycles. The zero-order chi connectivity index (χ0) is 18.4. The molecule has 0 aliphatic heterocycles. The minimum absolute atomic E-state index is 0.269. The first-order chi connectivity index (χ1) is 11.8. The number of hydrogen-bond acceptors (Lipinski definition) is 4. The first kappa shape index (κ1) is 19.4. The van der Waals surface area contributed by atoms with Gasteiger partial charge in [0.15, 0.2) is 0 Å². The molecule has 0 aliphatic rings. The largest absolute Gasteiger partial charge is 0.598 e. The van der Waals surface area contributed by atoms with Gasteiger partial charge in [-0.25, -0.2) is 4.39 Å². The summed E-state index contributed by atoms with van der Waals surface area (Å²) in [5.41, 5.74) is 8.75. The van der Waals surface area contributed by atoms with Crippen LogP contribution in [0.25, 0.3) is 17.2 Å². The zero-order valence-electron chi connectivity index (χ0n) is 14.8. The van der Waals surface area contributed by atoms with Crippen molar-refractivity contribution in [3.8, 4) is 11.1 Å². The first-order valence-corrected chi connectivity index (χ1v) is 9.26. The standard InChI is InChI=1S/C19H24FN3OS/c1-19(2,3)25(24)23-10-5-4-6-16-12-14(9-11-22-16)17-8-7-15(20)13-18(17)21/h4,6-9,11-13,23H,5,10,21H2,1-3H3/t25-/m0/s1. The maximum Gasteiger partial charge on any atom is 0.136 e. The summed E-state index contributed by atoms with van der Waals surface area (Å²) in [7, 11) is 0. The number of benzene rings is 1. The Labute approximate surface area is 151 Å². The van der Waals surface area contributed by atoms with E-state index >= 15 is 0 Å². The monoisotopic (exact) mass is 361 g/mol. The first-order valence-electron chi connectivity index (χ1n) is 8.11. The number of nitrogens with zero attached hydrogens (tertiary/aromatic N) is 1. The van der Waals surface area contributed by atoms with Gasteiger partial charge in [0.25, 0.3) is 0 Å². The van der Waals surface area contributed by atoms with Crippen LogP contribution in [0.5, 0.6) is 0 Å². The van der Waals surface area contributed by atoms with Crippen LogP contribution in [-0.4, -0.2) is 20.8 Å². The summed E-state index contributed by atoms with van der Waals surface area (Å²) in [6.07, 6.45) is 6.33. The molecule has 0 saturated carbocycles. The quantitative estimate of drug-likeness (QED) is 0.464. The molecule has 0 amide bonds. The van der Waals surface area contributed by atoms with E-state index in [-0.39, 0.29) is 10.6 Å². The number of hydrogen-bond donors (Lipinski definition) is 2. The number of nitrogen functional groups attached to an aromatic ring is 1. The number of nitrogens with two attached hydrogens (primary N) is 1. The van der Waals surface area contributed by atoms with E-state index in [4.69, 9.17) is 5.73 Å². The van der Waals surface area contributed by atoms with E-state index in [0.29, 0.717) is 12.2 Å². The molecule has 3 N–H and O–H groups in total. The molecule has 25 heavy (non-hydrogen) atoms. The van der Waals surface area contributed by atoms with Crippen molar-refractivity contribution in [1.29, 1.82) is 0 Å². The van der Waals surface area contributed by atoms with Gasteiger partial charge in [-0.1, -0.05) is 6.08 Å². The highest BCUT2D eigenvalue weighted by Crippen LogP contribution is 2.26. The average Bonchev–Trinajstić information content (AvgIpc) is 2.53. The van der Waals surface area contributed by atoms with Crippen LogP contribution in [0, 0.1) is 5.82 Å². The molecule has 0 aliphatic carbocycles. The predicted octanol–water partition coefficient (Wildman–Crippen LogP) is 3.93. The highest BCUT2D eigenvalue weighted by molar-refractivity contribution is 7.90. The van der Waals surface area contributed by atoms with E-state index < -0.39 is 11.4 Å². The van der Waals surface area contributed by atoms with Crippen LogP contribution in [0.2, 0.25) is 0 Å². The van der Waals surface area contributed by atoms with Crippen molar-refractivity contribution >= 4 is 23.1 Å². The molecule has 2 rings (SSSR count). The fraction of sp³-hybridized carbons (Fsp3) is 0.316. The molecule has 0 fully saturated rings. The van der Waals surface area contributed by atoms with Crippen molar-refractivity contribution in [2.24, 2.45) is 0 Å². The van der Waals surface area contributed by atoms with Crippen molar-refractivity contribution in [2.75, 3.05) is 12.3 Å². The third-order valence-electron chi connectivity index (χ3n) is 3.49. The van der Waals surface area contributed by atoms with Crippen LogP contribution in [0.4, 0.5) is 10.1 Å². The lowest BCUT2D eigenvalue weighted by Gasteiger charge is -2.23. The zero-order valence-corrected chi connectivity index (χ0v) is 15.6. The van der Waals surface area contributed by atoms with Crippen LogP contribution in [0.3, 0.4) is 0 Å². The molecule has 0 saturated heterocycles. The molecule has 1 aromatic heterocycles. The second-order valence-electron chi connectivity index (χ2n) is 6.67. The minimum Gasteiger partial charge on any atom is -0.598 e. The second-order valence-corrected chi connectivity index (χ2v) is 8.72. The van der Waals surface area contributed by atoms with Crippen LogP contribution < -0.4 is 10.5 Å². The molecule has 0 radical (unpaired) electrons. The lowest BCUT2D eigenvalue weighted by molar-refractivity contribution is 0.545. The molecule has 4 nitrogen and oxygen atoms in total. The maximum atomic E-state index is 13.2. The van der Waals surface area contributed by atoms with Crippen LogP contribution in [0.1, 0.15) is 32.9 Å². The van der Waals surface area contributed by atoms with Gasteiger partial charge in [-0.3, -0.25) is 4.98 Å². The molecule has 0 unspecified atom stereocenters. The van der Waals surface area contributed by atoms with Gasteiger partial charge >= 0.3 is 0 Å². The fourth-order valence-corrected chi connectivity index (χ4v) is 2.90. The van der Waals surface area contributed by atoms with Gasteiger partial charge in [0.2, 0.25) is 0 Å². The third kappa shape index (κ3) is 5.85. The Hall–Kier alpha value is -1.89. The lowest BCUT2D eigenvalue weighted by Crippen LogP contribution is -2.39. The third-order valence-corrected chi connectivity index (χ3v) is 5.07. The normalized spacial score (nSPS) is 13.3. The highest BCUT2D eigenvalue weighted by Gasteiger charge is 2.25. The highest BCUT2D eigenvalue weighted by atomic mass is 32.2. The smallest absolute Gasteiger partial charge is 0.136 e. The summed E-state index contributed by atoms with van der Waals surface area (Å²) in [5.74, 6) is -0.351. The fourth-order valence-electron chi connectivity index (χ4n) is 2.16. The average molecular weight is 361 g/mol. The number of aromatic nitrogens is 1. The molecule has 0 bridgehead atoms. The van der Waals surface area contributed by atoms with Gasteiger partial charge in [-0.05, 0) is 69.2 Å². The maximum absolute atomic E-state index is 13.2. The minimum atomic E-state index is -1.06. The Morgan fingerprint density at radius 2 is 2.04 bits per heavy atom. The molecule has 2 aromatic rings. The Balaban J connectivity index is 1.97. The number of rotatable bonds is 6. The van der Waals surface area contributed by atoms with Gasteiger partial charge in [-0.2, -0.15) is 0 Å². The molecule has 6 heteroatoms.